The maximum Gasteiger partial charge on any atom is 0.315 e. The molecule has 0 radical (unpaired) electrons. The number of rotatable bonds is 7. The molecule has 1 atom stereocenters. The average Bonchev–Trinajstić information content (AvgIpc) is 2.98. The lowest BCUT2D eigenvalue weighted by atomic mass is 10.2. The van der Waals surface area contributed by atoms with E-state index in [1.54, 1.807) is 12.5 Å². The second-order valence-corrected chi connectivity index (χ2v) is 5.65. The van der Waals surface area contributed by atoms with Crippen LogP contribution in [0.5, 0.6) is 5.88 Å². The predicted molar refractivity (Wildman–Crippen MR) is 87.2 cm³/mol. The van der Waals surface area contributed by atoms with Crippen molar-refractivity contribution in [3.8, 4) is 5.88 Å². The van der Waals surface area contributed by atoms with Gasteiger partial charge in [0, 0.05) is 30.8 Å². The smallest absolute Gasteiger partial charge is 0.315 e. The van der Waals surface area contributed by atoms with Gasteiger partial charge < -0.3 is 19.8 Å². The molecule has 0 saturated carbocycles. The van der Waals surface area contributed by atoms with Crippen LogP contribution in [0.1, 0.15) is 32.1 Å². The molecule has 6 nitrogen and oxygen atoms in total. The molecule has 6 heteroatoms. The molecule has 2 rings (SSSR count). The average molecular weight is 317 g/mol. The fourth-order valence-corrected chi connectivity index (χ4v) is 2.12. The molecule has 0 fully saturated rings. The van der Waals surface area contributed by atoms with Crippen molar-refractivity contribution in [1.29, 1.82) is 0 Å². The number of hydrogen-bond acceptors (Lipinski definition) is 4. The van der Waals surface area contributed by atoms with E-state index in [-0.39, 0.29) is 18.2 Å². The minimum absolute atomic E-state index is 0.0265. The lowest BCUT2D eigenvalue weighted by Gasteiger charge is -2.15. The Morgan fingerprint density at radius 1 is 1.30 bits per heavy atom. The van der Waals surface area contributed by atoms with E-state index in [2.05, 4.69) is 15.6 Å². The molecule has 0 bridgehead atoms. The third-order valence-electron chi connectivity index (χ3n) is 3.10. The Hall–Kier alpha value is -2.50. The highest BCUT2D eigenvalue weighted by molar-refractivity contribution is 5.74. The van der Waals surface area contributed by atoms with E-state index in [0.29, 0.717) is 18.8 Å². The third-order valence-corrected chi connectivity index (χ3v) is 3.10. The summed E-state index contributed by atoms with van der Waals surface area (Å²) >= 11 is 0. The number of carbonyl (C=O) groups is 1. The summed E-state index contributed by atoms with van der Waals surface area (Å²) in [5.74, 6) is 1.39. The Labute approximate surface area is 136 Å². The fraction of sp³-hybridized carbons (Fsp3) is 0.412. The van der Waals surface area contributed by atoms with Crippen LogP contribution in [0.15, 0.2) is 41.1 Å². The van der Waals surface area contributed by atoms with Crippen molar-refractivity contribution in [2.75, 3.05) is 0 Å². The van der Waals surface area contributed by atoms with E-state index < -0.39 is 0 Å². The van der Waals surface area contributed by atoms with E-state index in [1.165, 1.54) is 0 Å². The van der Waals surface area contributed by atoms with Gasteiger partial charge in [-0.15, -0.1) is 0 Å². The van der Waals surface area contributed by atoms with Crippen LogP contribution in [-0.4, -0.2) is 23.2 Å². The fourth-order valence-electron chi connectivity index (χ4n) is 2.12. The summed E-state index contributed by atoms with van der Waals surface area (Å²) < 4.78 is 10.9. The first-order valence-corrected chi connectivity index (χ1v) is 7.72. The van der Waals surface area contributed by atoms with Gasteiger partial charge in [-0.05, 0) is 39.0 Å². The van der Waals surface area contributed by atoms with Gasteiger partial charge in [-0.3, -0.25) is 0 Å². The van der Waals surface area contributed by atoms with Crippen molar-refractivity contribution in [3.05, 3.63) is 48.0 Å². The van der Waals surface area contributed by atoms with Crippen molar-refractivity contribution >= 4 is 6.03 Å². The second kappa shape index (κ2) is 8.22. The van der Waals surface area contributed by atoms with Gasteiger partial charge in [0.25, 0.3) is 0 Å². The van der Waals surface area contributed by atoms with Crippen LogP contribution in [0.4, 0.5) is 4.79 Å². The van der Waals surface area contributed by atoms with Crippen LogP contribution >= 0.6 is 0 Å². The van der Waals surface area contributed by atoms with Crippen LogP contribution in [-0.2, 0) is 13.0 Å². The standard InChI is InChI=1S/C17H23N3O3/c1-12(2)23-16-14(6-4-8-18-16)11-19-17(21)20-13(3)10-15-7-5-9-22-15/h4-9,12-13H,10-11H2,1-3H3,(H2,19,20,21). The van der Waals surface area contributed by atoms with Gasteiger partial charge >= 0.3 is 6.03 Å². The lowest BCUT2D eigenvalue weighted by Crippen LogP contribution is -2.41. The molecule has 2 amide bonds. The molecule has 0 saturated heterocycles. The molecule has 0 aliphatic carbocycles. The summed E-state index contributed by atoms with van der Waals surface area (Å²) in [6, 6.07) is 7.17. The summed E-state index contributed by atoms with van der Waals surface area (Å²) in [6.07, 6.45) is 3.98. The largest absolute Gasteiger partial charge is 0.475 e. The molecule has 0 aromatic carbocycles. The van der Waals surface area contributed by atoms with Crippen molar-refractivity contribution < 1.29 is 13.9 Å². The van der Waals surface area contributed by atoms with Gasteiger partial charge in [-0.1, -0.05) is 6.07 Å². The first-order valence-electron chi connectivity index (χ1n) is 7.72. The Kier molecular flexibility index (Phi) is 6.02. The molecule has 2 aromatic heterocycles. The Balaban J connectivity index is 1.82. The SMILES string of the molecule is CC(Cc1ccco1)NC(=O)NCc1cccnc1OC(C)C. The molecule has 124 valence electrons. The van der Waals surface area contributed by atoms with Crippen LogP contribution in [0.25, 0.3) is 0 Å². The van der Waals surface area contributed by atoms with Gasteiger partial charge in [0.1, 0.15) is 5.76 Å². The lowest BCUT2D eigenvalue weighted by molar-refractivity contribution is 0.227. The Bertz CT molecular complexity index is 611. The van der Waals surface area contributed by atoms with E-state index in [1.807, 2.05) is 45.0 Å². The summed E-state index contributed by atoms with van der Waals surface area (Å²) in [7, 11) is 0. The molecular formula is C17H23N3O3. The zero-order valence-corrected chi connectivity index (χ0v) is 13.7. The highest BCUT2D eigenvalue weighted by atomic mass is 16.5. The zero-order chi connectivity index (χ0) is 16.7. The summed E-state index contributed by atoms with van der Waals surface area (Å²) in [5.41, 5.74) is 0.843. The van der Waals surface area contributed by atoms with Gasteiger partial charge in [0.15, 0.2) is 0 Å². The number of furan rings is 1. The summed E-state index contributed by atoms with van der Waals surface area (Å²) in [4.78, 5) is 16.2. The van der Waals surface area contributed by atoms with Crippen LogP contribution in [0, 0.1) is 0 Å². The number of amides is 2. The van der Waals surface area contributed by atoms with Gasteiger partial charge in [0.05, 0.1) is 12.4 Å². The minimum Gasteiger partial charge on any atom is -0.475 e. The first kappa shape index (κ1) is 16.9. The van der Waals surface area contributed by atoms with E-state index in [4.69, 9.17) is 9.15 Å². The normalized spacial score (nSPS) is 12.0. The van der Waals surface area contributed by atoms with Crippen molar-refractivity contribution in [2.24, 2.45) is 0 Å². The second-order valence-electron chi connectivity index (χ2n) is 5.65. The molecule has 23 heavy (non-hydrogen) atoms. The number of aromatic nitrogens is 1. The monoisotopic (exact) mass is 317 g/mol. The van der Waals surface area contributed by atoms with Crippen molar-refractivity contribution in [2.45, 2.75) is 45.9 Å². The zero-order valence-electron chi connectivity index (χ0n) is 13.7. The van der Waals surface area contributed by atoms with Gasteiger partial charge in [-0.25, -0.2) is 9.78 Å². The molecule has 2 N–H and O–H groups in total. The van der Waals surface area contributed by atoms with Crippen molar-refractivity contribution in [1.82, 2.24) is 15.6 Å². The minimum atomic E-state index is -0.233. The summed E-state index contributed by atoms with van der Waals surface area (Å²) in [6.45, 7) is 6.17. The van der Waals surface area contributed by atoms with Crippen LogP contribution in [0.3, 0.4) is 0 Å². The number of urea groups is 1. The number of nitrogens with zero attached hydrogens (tertiary/aromatic N) is 1. The van der Waals surface area contributed by atoms with Gasteiger partial charge in [-0.2, -0.15) is 0 Å². The summed E-state index contributed by atoms with van der Waals surface area (Å²) in [5, 5.41) is 5.70. The number of nitrogens with one attached hydrogen (secondary N) is 2. The Morgan fingerprint density at radius 3 is 2.83 bits per heavy atom. The molecule has 0 aliphatic heterocycles. The molecule has 0 aliphatic rings. The topological polar surface area (TPSA) is 76.4 Å². The maximum atomic E-state index is 12.0. The number of pyridine rings is 1. The number of ether oxygens (including phenoxy) is 1. The highest BCUT2D eigenvalue weighted by Gasteiger charge is 2.11. The van der Waals surface area contributed by atoms with Crippen LogP contribution in [0.2, 0.25) is 0 Å². The van der Waals surface area contributed by atoms with E-state index in [9.17, 15) is 4.79 Å². The number of hydrogen-bond donors (Lipinski definition) is 2. The quantitative estimate of drug-likeness (QED) is 0.823. The molecule has 1 unspecified atom stereocenters. The van der Waals surface area contributed by atoms with E-state index >= 15 is 0 Å². The maximum absolute atomic E-state index is 12.0. The molecular weight excluding hydrogens is 294 g/mol. The third kappa shape index (κ3) is 5.65. The van der Waals surface area contributed by atoms with Crippen molar-refractivity contribution in [3.63, 3.8) is 0 Å². The number of carbonyl (C=O) groups excluding carboxylic acids is 1. The molecule has 2 aromatic rings. The predicted octanol–water partition coefficient (Wildman–Crippen LogP) is 2.89. The Morgan fingerprint density at radius 2 is 2.13 bits per heavy atom. The van der Waals surface area contributed by atoms with Gasteiger partial charge in [0.2, 0.25) is 5.88 Å². The van der Waals surface area contributed by atoms with Crippen LogP contribution < -0.4 is 15.4 Å². The molecule has 0 spiro atoms. The highest BCUT2D eigenvalue weighted by Crippen LogP contribution is 2.15. The molecule has 2 heterocycles. The first-order chi connectivity index (χ1) is 11.0. The van der Waals surface area contributed by atoms with E-state index in [0.717, 1.165) is 11.3 Å².